The van der Waals surface area contributed by atoms with Crippen LogP contribution in [0.4, 0.5) is 5.69 Å². The Labute approximate surface area is 186 Å². The summed E-state index contributed by atoms with van der Waals surface area (Å²) in [6.07, 6.45) is 6.17. The van der Waals surface area contributed by atoms with E-state index in [0.717, 1.165) is 21.8 Å². The number of hydrogen-bond acceptors (Lipinski definition) is 5. The van der Waals surface area contributed by atoms with E-state index in [4.69, 9.17) is 16.3 Å². The molecule has 0 spiro atoms. The molecule has 0 radical (unpaired) electrons. The first-order valence-electron chi connectivity index (χ1n) is 9.39. The van der Waals surface area contributed by atoms with Crippen molar-refractivity contribution < 1.29 is 17.9 Å². The number of halogens is 1. The molecular weight excluding hydrogens is 440 g/mol. The number of anilines is 1. The highest BCUT2D eigenvalue weighted by Gasteiger charge is 2.31. The molecule has 0 fully saturated rings. The largest absolute Gasteiger partial charge is 0.495 e. The van der Waals surface area contributed by atoms with Crippen LogP contribution in [0.3, 0.4) is 0 Å². The number of sulfonamides is 1. The maximum absolute atomic E-state index is 12.9. The second-order valence-electron chi connectivity index (χ2n) is 6.87. The van der Waals surface area contributed by atoms with E-state index in [2.05, 4.69) is 10.3 Å². The summed E-state index contributed by atoms with van der Waals surface area (Å²) < 4.78 is 33.3. The third-order valence-electron chi connectivity index (χ3n) is 4.69. The highest BCUT2D eigenvalue weighted by molar-refractivity contribution is 7.92. The molecule has 0 aliphatic heterocycles. The zero-order valence-electron chi connectivity index (χ0n) is 17.3. The van der Waals surface area contributed by atoms with Crippen molar-refractivity contribution in [1.29, 1.82) is 0 Å². The monoisotopic (exact) mass is 462 g/mol. The predicted molar refractivity (Wildman–Crippen MR) is 120 cm³/mol. The fourth-order valence-corrected chi connectivity index (χ4v) is 4.60. The van der Waals surface area contributed by atoms with Crippen LogP contribution in [-0.4, -0.2) is 43.3 Å². The maximum atomic E-state index is 12.9. The van der Waals surface area contributed by atoms with Crippen LogP contribution in [0.5, 0.6) is 5.75 Å². The minimum Gasteiger partial charge on any atom is -0.495 e. The van der Waals surface area contributed by atoms with Crippen LogP contribution >= 0.6 is 11.6 Å². The van der Waals surface area contributed by atoms with Gasteiger partial charge >= 0.3 is 0 Å². The average Bonchev–Trinajstić information content (AvgIpc) is 3.26. The quantitative estimate of drug-likeness (QED) is 0.555. The summed E-state index contributed by atoms with van der Waals surface area (Å²) in [5.74, 6) is -0.173. The number of carbonyl (C=O) groups is 1. The van der Waals surface area contributed by atoms with Crippen LogP contribution in [0.2, 0.25) is 5.02 Å². The van der Waals surface area contributed by atoms with Gasteiger partial charge in [-0.05, 0) is 36.8 Å². The van der Waals surface area contributed by atoms with Crippen LogP contribution in [0.1, 0.15) is 12.5 Å². The zero-order chi connectivity index (χ0) is 22.6. The second-order valence-corrected chi connectivity index (χ2v) is 9.16. The summed E-state index contributed by atoms with van der Waals surface area (Å²) in [6, 6.07) is 11.1. The zero-order valence-corrected chi connectivity index (χ0v) is 18.9. The van der Waals surface area contributed by atoms with Gasteiger partial charge in [0.1, 0.15) is 11.8 Å². The number of nitrogens with zero attached hydrogens (tertiary/aromatic N) is 3. The van der Waals surface area contributed by atoms with E-state index in [9.17, 15) is 13.2 Å². The van der Waals surface area contributed by atoms with Gasteiger partial charge in [0.05, 0.1) is 31.1 Å². The van der Waals surface area contributed by atoms with Crippen molar-refractivity contribution in [3.63, 3.8) is 0 Å². The molecule has 1 N–H and O–H groups in total. The number of rotatable bonds is 8. The van der Waals surface area contributed by atoms with Crippen LogP contribution in [0.25, 0.3) is 5.69 Å². The van der Waals surface area contributed by atoms with E-state index in [0.29, 0.717) is 10.8 Å². The van der Waals surface area contributed by atoms with Gasteiger partial charge in [-0.15, -0.1) is 0 Å². The van der Waals surface area contributed by atoms with Crippen molar-refractivity contribution >= 4 is 33.2 Å². The van der Waals surface area contributed by atoms with Crippen molar-refractivity contribution in [2.75, 3.05) is 17.7 Å². The van der Waals surface area contributed by atoms with Gasteiger partial charge in [-0.25, -0.2) is 13.4 Å². The number of imidazole rings is 1. The topological polar surface area (TPSA) is 93.5 Å². The number of ether oxygens (including phenoxy) is 1. The van der Waals surface area contributed by atoms with Gasteiger partial charge in [-0.2, -0.15) is 0 Å². The minimum absolute atomic E-state index is 0.193. The molecule has 0 aliphatic rings. The van der Waals surface area contributed by atoms with Gasteiger partial charge in [0.25, 0.3) is 0 Å². The van der Waals surface area contributed by atoms with Crippen LogP contribution in [0, 0.1) is 0 Å². The maximum Gasteiger partial charge on any atom is 0.243 e. The van der Waals surface area contributed by atoms with E-state index < -0.39 is 22.0 Å². The number of aromatic nitrogens is 2. The molecule has 1 aromatic heterocycles. The minimum atomic E-state index is -3.82. The van der Waals surface area contributed by atoms with E-state index in [-0.39, 0.29) is 12.2 Å². The molecule has 2 aromatic carbocycles. The fourth-order valence-electron chi connectivity index (χ4n) is 3.26. The molecule has 8 nitrogen and oxygen atoms in total. The van der Waals surface area contributed by atoms with E-state index in [1.54, 1.807) is 30.9 Å². The Bertz CT molecular complexity index is 1170. The highest BCUT2D eigenvalue weighted by atomic mass is 35.5. The third-order valence-corrected chi connectivity index (χ3v) is 6.16. The number of methoxy groups -OCH3 is 1. The van der Waals surface area contributed by atoms with Crippen molar-refractivity contribution in [2.24, 2.45) is 0 Å². The first-order valence-corrected chi connectivity index (χ1v) is 11.6. The summed E-state index contributed by atoms with van der Waals surface area (Å²) in [4.78, 5) is 17.0. The molecular formula is C21H23ClN4O4S. The Kier molecular flexibility index (Phi) is 6.87. The Morgan fingerprint density at radius 2 is 2.03 bits per heavy atom. The summed E-state index contributed by atoms with van der Waals surface area (Å²) in [5.41, 5.74) is 1.91. The lowest BCUT2D eigenvalue weighted by atomic mass is 10.1. The van der Waals surface area contributed by atoms with E-state index in [1.165, 1.54) is 20.1 Å². The molecule has 164 valence electrons. The lowest BCUT2D eigenvalue weighted by Gasteiger charge is -2.29. The van der Waals surface area contributed by atoms with E-state index in [1.807, 2.05) is 28.8 Å². The van der Waals surface area contributed by atoms with E-state index >= 15 is 0 Å². The molecule has 10 heteroatoms. The number of hydrogen-bond donors (Lipinski definition) is 1. The number of para-hydroxylation sites is 1. The lowest BCUT2D eigenvalue weighted by Crippen LogP contribution is -2.47. The number of carbonyl (C=O) groups excluding carboxylic acids is 1. The molecule has 3 aromatic rings. The van der Waals surface area contributed by atoms with Gasteiger partial charge in [-0.1, -0.05) is 29.8 Å². The van der Waals surface area contributed by atoms with Crippen molar-refractivity contribution in [1.82, 2.24) is 14.9 Å². The molecule has 1 atom stereocenters. The molecule has 0 saturated heterocycles. The van der Waals surface area contributed by atoms with Gasteiger partial charge < -0.3 is 14.6 Å². The summed E-state index contributed by atoms with van der Waals surface area (Å²) in [6.45, 7) is 1.72. The number of nitrogens with one attached hydrogen (secondary N) is 1. The Hall–Kier alpha value is -3.04. The smallest absolute Gasteiger partial charge is 0.243 e. The molecule has 0 saturated carbocycles. The van der Waals surface area contributed by atoms with Crippen LogP contribution in [0.15, 0.2) is 61.2 Å². The Morgan fingerprint density at radius 3 is 2.68 bits per heavy atom. The third kappa shape index (κ3) is 5.18. The average molecular weight is 463 g/mol. The summed E-state index contributed by atoms with van der Waals surface area (Å²) in [7, 11) is -2.40. The molecule has 0 aliphatic carbocycles. The normalized spacial score (nSPS) is 12.3. The molecule has 1 amide bonds. The molecule has 0 unspecified atom stereocenters. The summed E-state index contributed by atoms with van der Waals surface area (Å²) in [5, 5.41) is 3.15. The van der Waals surface area contributed by atoms with Gasteiger partial charge in [-0.3, -0.25) is 9.10 Å². The molecule has 0 bridgehead atoms. The first-order chi connectivity index (χ1) is 14.7. The fraction of sp³-hybridized carbons (Fsp3) is 0.238. The lowest BCUT2D eigenvalue weighted by molar-refractivity contribution is -0.122. The Morgan fingerprint density at radius 1 is 1.29 bits per heavy atom. The van der Waals surface area contributed by atoms with Crippen LogP contribution in [-0.2, 0) is 21.4 Å². The van der Waals surface area contributed by atoms with Crippen LogP contribution < -0.4 is 14.4 Å². The highest BCUT2D eigenvalue weighted by Crippen LogP contribution is 2.34. The molecule has 31 heavy (non-hydrogen) atoms. The number of benzene rings is 2. The standard InChI is InChI=1S/C21H23ClN4O4S/c1-15(26(31(3,28)29)19-12-17(22)8-9-20(19)30-2)21(27)24-13-16-6-4-5-7-18(16)25-11-10-23-14-25/h4-12,14-15H,13H2,1-3H3,(H,24,27)/t15-/m1/s1. The van der Waals surface area contributed by atoms with Crippen molar-refractivity contribution in [2.45, 2.75) is 19.5 Å². The SMILES string of the molecule is COc1ccc(Cl)cc1N([C@H](C)C(=O)NCc1ccccc1-n1ccnc1)S(C)(=O)=O. The van der Waals surface area contributed by atoms with Crippen molar-refractivity contribution in [3.8, 4) is 11.4 Å². The predicted octanol–water partition coefficient (Wildman–Crippen LogP) is 3.01. The Balaban J connectivity index is 1.85. The first kappa shape index (κ1) is 22.6. The van der Waals surface area contributed by atoms with Crippen molar-refractivity contribution in [3.05, 3.63) is 71.8 Å². The van der Waals surface area contributed by atoms with Gasteiger partial charge in [0, 0.05) is 24.0 Å². The molecule has 3 rings (SSSR count). The van der Waals surface area contributed by atoms with Gasteiger partial charge in [0.15, 0.2) is 0 Å². The molecule has 1 heterocycles. The van der Waals surface area contributed by atoms with Gasteiger partial charge in [0.2, 0.25) is 15.9 Å². The second kappa shape index (κ2) is 9.40. The summed E-state index contributed by atoms with van der Waals surface area (Å²) >= 11 is 6.07. The number of amides is 1.